The highest BCUT2D eigenvalue weighted by molar-refractivity contribution is 5.95. The van der Waals surface area contributed by atoms with Crippen LogP contribution in [0.3, 0.4) is 0 Å². The summed E-state index contributed by atoms with van der Waals surface area (Å²) in [6.07, 6.45) is 0. The zero-order valence-corrected chi connectivity index (χ0v) is 12.0. The molecule has 0 unspecified atom stereocenters. The summed E-state index contributed by atoms with van der Waals surface area (Å²) in [5.41, 5.74) is 3.43. The molecule has 0 radical (unpaired) electrons. The van der Waals surface area contributed by atoms with Crippen molar-refractivity contribution in [3.05, 3.63) is 59.7 Å². The fraction of sp³-hybridized carbons (Fsp3) is 0.188. The molecule has 0 fully saturated rings. The second-order valence-corrected chi connectivity index (χ2v) is 5.04. The van der Waals surface area contributed by atoms with Crippen LogP contribution in [0.15, 0.2) is 48.5 Å². The van der Waals surface area contributed by atoms with Crippen molar-refractivity contribution in [1.82, 2.24) is 19.9 Å². The average Bonchev–Trinajstić information content (AvgIpc) is 2.90. The molecular weight excluding hydrogens is 264 g/mol. The summed E-state index contributed by atoms with van der Waals surface area (Å²) in [5, 5.41) is 8.20. The highest BCUT2D eigenvalue weighted by atomic mass is 16.2. The molecule has 0 aliphatic rings. The molecular formula is C16H16N4O. The molecule has 0 saturated carbocycles. The Bertz CT molecular complexity index is 794. The highest BCUT2D eigenvalue weighted by Crippen LogP contribution is 2.13. The normalized spacial score (nSPS) is 10.8. The number of carbonyl (C=O) groups is 1. The van der Waals surface area contributed by atoms with E-state index in [4.69, 9.17) is 0 Å². The Hall–Kier alpha value is -2.69. The van der Waals surface area contributed by atoms with Gasteiger partial charge in [0.2, 0.25) is 0 Å². The fourth-order valence-electron chi connectivity index (χ4n) is 2.31. The average molecular weight is 280 g/mol. The van der Waals surface area contributed by atoms with Crippen LogP contribution in [0.25, 0.3) is 11.0 Å². The zero-order valence-electron chi connectivity index (χ0n) is 12.0. The van der Waals surface area contributed by atoms with Crippen LogP contribution < -0.4 is 0 Å². The van der Waals surface area contributed by atoms with Crippen LogP contribution in [0.2, 0.25) is 0 Å². The number of rotatable bonds is 3. The molecule has 0 bridgehead atoms. The lowest BCUT2D eigenvalue weighted by Gasteiger charge is -2.18. The van der Waals surface area contributed by atoms with Crippen molar-refractivity contribution in [3.63, 3.8) is 0 Å². The highest BCUT2D eigenvalue weighted by Gasteiger charge is 2.15. The largest absolute Gasteiger partial charge is 0.322 e. The van der Waals surface area contributed by atoms with Crippen LogP contribution in [-0.4, -0.2) is 32.8 Å². The lowest BCUT2D eigenvalue weighted by atomic mass is 10.1. The second kappa shape index (κ2) is 5.36. The maximum Gasteiger partial charge on any atom is 0.255 e. The fourth-order valence-corrected chi connectivity index (χ4v) is 2.31. The summed E-state index contributed by atoms with van der Waals surface area (Å²) >= 11 is 0. The molecule has 3 rings (SSSR count). The van der Waals surface area contributed by atoms with Crippen LogP contribution in [0, 0.1) is 6.92 Å². The number of hydrogen-bond donors (Lipinski definition) is 0. The van der Waals surface area contributed by atoms with Crippen molar-refractivity contribution in [2.45, 2.75) is 13.6 Å². The third kappa shape index (κ3) is 2.50. The number of nitrogens with zero attached hydrogens (tertiary/aromatic N) is 4. The molecule has 3 aromatic rings. The van der Waals surface area contributed by atoms with E-state index in [1.54, 1.807) is 16.6 Å². The van der Waals surface area contributed by atoms with Crippen LogP contribution >= 0.6 is 0 Å². The minimum absolute atomic E-state index is 0.0207. The third-order valence-corrected chi connectivity index (χ3v) is 3.49. The van der Waals surface area contributed by atoms with Crippen molar-refractivity contribution < 1.29 is 4.79 Å². The number of para-hydroxylation sites is 1. The number of fused-ring (bicyclic) bond motifs is 1. The number of aryl methyl sites for hydroxylation is 1. The zero-order chi connectivity index (χ0) is 14.8. The summed E-state index contributed by atoms with van der Waals surface area (Å²) in [6.45, 7) is 2.31. The second-order valence-electron chi connectivity index (χ2n) is 5.04. The van der Waals surface area contributed by atoms with Gasteiger partial charge in [-0.1, -0.05) is 35.5 Å². The molecule has 106 valence electrons. The van der Waals surface area contributed by atoms with Crippen molar-refractivity contribution >= 4 is 16.9 Å². The smallest absolute Gasteiger partial charge is 0.255 e. The lowest BCUT2D eigenvalue weighted by molar-refractivity contribution is 0.0745. The molecule has 0 atom stereocenters. The summed E-state index contributed by atoms with van der Waals surface area (Å²) in [4.78, 5) is 14.1. The van der Waals surface area contributed by atoms with Gasteiger partial charge in [0, 0.05) is 12.6 Å². The first-order chi connectivity index (χ1) is 10.2. The minimum atomic E-state index is -0.0207. The van der Waals surface area contributed by atoms with Gasteiger partial charge >= 0.3 is 0 Å². The summed E-state index contributed by atoms with van der Waals surface area (Å²) in [5.74, 6) is -0.0207. The van der Waals surface area contributed by atoms with Crippen LogP contribution in [0.1, 0.15) is 15.9 Å². The van der Waals surface area contributed by atoms with E-state index in [-0.39, 0.29) is 5.91 Å². The maximum atomic E-state index is 12.5. The Morgan fingerprint density at radius 2 is 1.86 bits per heavy atom. The van der Waals surface area contributed by atoms with E-state index in [2.05, 4.69) is 10.3 Å². The number of hydrogen-bond acceptors (Lipinski definition) is 3. The Balaban J connectivity index is 1.85. The van der Waals surface area contributed by atoms with Gasteiger partial charge in [0.25, 0.3) is 5.91 Å². The van der Waals surface area contributed by atoms with Gasteiger partial charge in [0.15, 0.2) is 0 Å². The van der Waals surface area contributed by atoms with Gasteiger partial charge in [-0.3, -0.25) is 4.79 Å². The van der Waals surface area contributed by atoms with E-state index in [1.165, 1.54) is 0 Å². The summed E-state index contributed by atoms with van der Waals surface area (Å²) in [7, 11) is 1.77. The number of benzene rings is 2. The first-order valence-electron chi connectivity index (χ1n) is 6.76. The summed E-state index contributed by atoms with van der Waals surface area (Å²) in [6, 6.07) is 15.3. The van der Waals surface area contributed by atoms with E-state index >= 15 is 0 Å². The molecule has 0 N–H and O–H groups in total. The minimum Gasteiger partial charge on any atom is -0.322 e. The number of carbonyl (C=O) groups excluding carboxylic acids is 1. The molecule has 1 amide bonds. The molecule has 21 heavy (non-hydrogen) atoms. The number of aromatic nitrogens is 3. The Kier molecular flexibility index (Phi) is 3.39. The predicted octanol–water partition coefficient (Wildman–Crippen LogP) is 2.47. The molecule has 1 heterocycles. The van der Waals surface area contributed by atoms with Gasteiger partial charge in [-0.05, 0) is 30.7 Å². The van der Waals surface area contributed by atoms with Crippen molar-refractivity contribution in [3.8, 4) is 0 Å². The maximum absolute atomic E-state index is 12.5. The van der Waals surface area contributed by atoms with Gasteiger partial charge in [-0.15, -0.1) is 5.10 Å². The van der Waals surface area contributed by atoms with E-state index in [1.807, 2.05) is 55.5 Å². The molecule has 5 nitrogen and oxygen atoms in total. The molecule has 2 aromatic carbocycles. The van der Waals surface area contributed by atoms with Crippen molar-refractivity contribution in [1.29, 1.82) is 0 Å². The van der Waals surface area contributed by atoms with Gasteiger partial charge < -0.3 is 4.90 Å². The third-order valence-electron chi connectivity index (χ3n) is 3.49. The van der Waals surface area contributed by atoms with Crippen LogP contribution in [0.4, 0.5) is 0 Å². The van der Waals surface area contributed by atoms with Gasteiger partial charge in [0.1, 0.15) is 12.2 Å². The number of amides is 1. The SMILES string of the molecule is Cc1ccccc1C(=O)N(C)Cn1nnc2ccccc21. The van der Waals surface area contributed by atoms with E-state index in [0.29, 0.717) is 12.2 Å². The van der Waals surface area contributed by atoms with Crippen molar-refractivity contribution in [2.75, 3.05) is 7.05 Å². The molecule has 0 saturated heterocycles. The molecule has 0 spiro atoms. The first-order valence-corrected chi connectivity index (χ1v) is 6.76. The van der Waals surface area contributed by atoms with E-state index in [9.17, 15) is 4.79 Å². The Labute approximate surface area is 122 Å². The Morgan fingerprint density at radius 3 is 2.67 bits per heavy atom. The van der Waals surface area contributed by atoms with Crippen molar-refractivity contribution in [2.24, 2.45) is 0 Å². The van der Waals surface area contributed by atoms with Crippen LogP contribution in [-0.2, 0) is 6.67 Å². The predicted molar refractivity (Wildman–Crippen MR) is 80.8 cm³/mol. The standard InChI is InChI=1S/C16H16N4O/c1-12-7-3-4-8-13(12)16(21)19(2)11-20-15-10-6-5-9-14(15)17-18-20/h3-10H,11H2,1-2H3. The molecule has 1 aromatic heterocycles. The monoisotopic (exact) mass is 280 g/mol. The van der Waals surface area contributed by atoms with E-state index in [0.717, 1.165) is 16.6 Å². The summed E-state index contributed by atoms with van der Waals surface area (Å²) < 4.78 is 1.73. The topological polar surface area (TPSA) is 51.0 Å². The lowest BCUT2D eigenvalue weighted by Crippen LogP contribution is -2.30. The van der Waals surface area contributed by atoms with Gasteiger partial charge in [-0.25, -0.2) is 4.68 Å². The molecule has 0 aliphatic heterocycles. The first kappa shape index (κ1) is 13.3. The Morgan fingerprint density at radius 1 is 1.14 bits per heavy atom. The van der Waals surface area contributed by atoms with E-state index < -0.39 is 0 Å². The van der Waals surface area contributed by atoms with Crippen LogP contribution in [0.5, 0.6) is 0 Å². The van der Waals surface area contributed by atoms with Gasteiger partial charge in [-0.2, -0.15) is 0 Å². The van der Waals surface area contributed by atoms with Gasteiger partial charge in [0.05, 0.1) is 5.52 Å². The molecule has 0 aliphatic carbocycles. The molecule has 5 heteroatoms. The quantitative estimate of drug-likeness (QED) is 0.740.